The average molecular weight is 379 g/mol. The van der Waals surface area contributed by atoms with Crippen LogP contribution in [0.3, 0.4) is 0 Å². The van der Waals surface area contributed by atoms with E-state index in [1.807, 2.05) is 25.1 Å². The standard InChI is InChI=1S/C19H24Cl2N4/c1-13-6-9-25(10-7-13)19-12-18(23-14(2)24-19)22-8-5-15-3-4-16(20)11-17(15)21/h3-4,11-13H,5-10H2,1-2H3,(H,22,23,24). The van der Waals surface area contributed by atoms with Crippen molar-refractivity contribution in [3.63, 3.8) is 0 Å². The Kier molecular flexibility index (Phi) is 6.02. The van der Waals surface area contributed by atoms with Gasteiger partial charge in [0, 0.05) is 35.7 Å². The van der Waals surface area contributed by atoms with Crippen LogP contribution < -0.4 is 10.2 Å². The molecule has 1 saturated heterocycles. The van der Waals surface area contributed by atoms with Gasteiger partial charge in [0.2, 0.25) is 0 Å². The molecule has 0 saturated carbocycles. The third-order valence-corrected chi connectivity index (χ3v) is 5.23. The molecule has 0 aliphatic carbocycles. The molecule has 2 heterocycles. The van der Waals surface area contributed by atoms with E-state index in [1.54, 1.807) is 6.07 Å². The van der Waals surface area contributed by atoms with Crippen LogP contribution in [-0.4, -0.2) is 29.6 Å². The highest BCUT2D eigenvalue weighted by Crippen LogP contribution is 2.24. The van der Waals surface area contributed by atoms with Crippen LogP contribution in [0.15, 0.2) is 24.3 Å². The summed E-state index contributed by atoms with van der Waals surface area (Å²) in [6, 6.07) is 7.67. The van der Waals surface area contributed by atoms with Gasteiger partial charge in [-0.05, 0) is 49.8 Å². The first kappa shape index (κ1) is 18.3. The van der Waals surface area contributed by atoms with Gasteiger partial charge in [-0.15, -0.1) is 0 Å². The summed E-state index contributed by atoms with van der Waals surface area (Å²) in [5, 5.41) is 4.76. The van der Waals surface area contributed by atoms with Crippen molar-refractivity contribution in [2.45, 2.75) is 33.1 Å². The molecule has 0 amide bonds. The largest absolute Gasteiger partial charge is 0.370 e. The van der Waals surface area contributed by atoms with E-state index in [9.17, 15) is 0 Å². The zero-order valence-electron chi connectivity index (χ0n) is 14.7. The van der Waals surface area contributed by atoms with Gasteiger partial charge in [0.25, 0.3) is 0 Å². The molecule has 4 nitrogen and oxygen atoms in total. The maximum atomic E-state index is 6.23. The molecule has 1 aromatic carbocycles. The lowest BCUT2D eigenvalue weighted by Gasteiger charge is -2.31. The minimum atomic E-state index is 0.661. The van der Waals surface area contributed by atoms with Crippen LogP contribution in [0, 0.1) is 12.8 Å². The molecule has 1 aliphatic heterocycles. The summed E-state index contributed by atoms with van der Waals surface area (Å²) in [6.07, 6.45) is 3.26. The van der Waals surface area contributed by atoms with Gasteiger partial charge in [0.1, 0.15) is 17.5 Å². The monoisotopic (exact) mass is 378 g/mol. The van der Waals surface area contributed by atoms with Crippen LogP contribution in [-0.2, 0) is 6.42 Å². The molecule has 25 heavy (non-hydrogen) atoms. The molecular weight excluding hydrogens is 355 g/mol. The smallest absolute Gasteiger partial charge is 0.134 e. The lowest BCUT2D eigenvalue weighted by molar-refractivity contribution is 0.436. The summed E-state index contributed by atoms with van der Waals surface area (Å²) >= 11 is 12.2. The van der Waals surface area contributed by atoms with Crippen LogP contribution in [0.25, 0.3) is 0 Å². The molecule has 6 heteroatoms. The number of hydrogen-bond donors (Lipinski definition) is 1. The minimum absolute atomic E-state index is 0.661. The van der Waals surface area contributed by atoms with Gasteiger partial charge >= 0.3 is 0 Å². The van der Waals surface area contributed by atoms with Gasteiger partial charge in [0.15, 0.2) is 0 Å². The quantitative estimate of drug-likeness (QED) is 0.795. The molecule has 1 aliphatic rings. The van der Waals surface area contributed by atoms with Crippen molar-refractivity contribution < 1.29 is 0 Å². The summed E-state index contributed by atoms with van der Waals surface area (Å²) < 4.78 is 0. The van der Waals surface area contributed by atoms with Crippen molar-refractivity contribution in [2.24, 2.45) is 5.92 Å². The highest BCUT2D eigenvalue weighted by Gasteiger charge is 2.17. The second-order valence-electron chi connectivity index (χ2n) is 6.74. The number of rotatable bonds is 5. The predicted molar refractivity (Wildman–Crippen MR) is 106 cm³/mol. The molecule has 0 unspecified atom stereocenters. The molecule has 0 spiro atoms. The molecule has 2 aromatic rings. The first-order chi connectivity index (χ1) is 12.0. The number of aromatic nitrogens is 2. The third kappa shape index (κ3) is 4.99. The summed E-state index contributed by atoms with van der Waals surface area (Å²) in [4.78, 5) is 11.5. The maximum Gasteiger partial charge on any atom is 0.134 e. The first-order valence-corrected chi connectivity index (χ1v) is 9.55. The minimum Gasteiger partial charge on any atom is -0.370 e. The summed E-state index contributed by atoms with van der Waals surface area (Å²) in [6.45, 7) is 7.15. The van der Waals surface area contributed by atoms with E-state index in [0.717, 1.165) is 55.0 Å². The van der Waals surface area contributed by atoms with Crippen molar-refractivity contribution in [2.75, 3.05) is 29.9 Å². The fourth-order valence-corrected chi connectivity index (χ4v) is 3.59. The lowest BCUT2D eigenvalue weighted by Crippen LogP contribution is -2.33. The Morgan fingerprint density at radius 3 is 2.64 bits per heavy atom. The van der Waals surface area contributed by atoms with E-state index in [1.165, 1.54) is 12.8 Å². The van der Waals surface area contributed by atoms with E-state index >= 15 is 0 Å². The number of halogens is 2. The second kappa shape index (κ2) is 8.24. The molecule has 3 rings (SSSR count). The molecular formula is C19H24Cl2N4. The molecule has 0 atom stereocenters. The molecule has 1 N–H and O–H groups in total. The fraction of sp³-hybridized carbons (Fsp3) is 0.474. The maximum absolute atomic E-state index is 6.23. The lowest BCUT2D eigenvalue weighted by atomic mass is 9.99. The summed E-state index contributed by atoms with van der Waals surface area (Å²) in [7, 11) is 0. The normalized spacial score (nSPS) is 15.4. The molecule has 0 bridgehead atoms. The Morgan fingerprint density at radius 2 is 1.92 bits per heavy atom. The van der Waals surface area contributed by atoms with Crippen LogP contribution >= 0.6 is 23.2 Å². The second-order valence-corrected chi connectivity index (χ2v) is 7.58. The van der Waals surface area contributed by atoms with Crippen LogP contribution in [0.5, 0.6) is 0 Å². The number of nitrogens with one attached hydrogen (secondary N) is 1. The van der Waals surface area contributed by atoms with Crippen LogP contribution in [0.1, 0.15) is 31.2 Å². The van der Waals surface area contributed by atoms with Crippen molar-refractivity contribution >= 4 is 34.8 Å². The number of hydrogen-bond acceptors (Lipinski definition) is 4. The Hall–Kier alpha value is -1.52. The third-order valence-electron chi connectivity index (χ3n) is 4.65. The van der Waals surface area contributed by atoms with Crippen molar-refractivity contribution in [1.29, 1.82) is 0 Å². The fourth-order valence-electron chi connectivity index (χ4n) is 3.09. The van der Waals surface area contributed by atoms with Gasteiger partial charge in [0.05, 0.1) is 0 Å². The highest BCUT2D eigenvalue weighted by atomic mass is 35.5. The topological polar surface area (TPSA) is 41.1 Å². The number of benzene rings is 1. The summed E-state index contributed by atoms with van der Waals surface area (Å²) in [5.74, 6) is 3.49. The number of aryl methyl sites for hydroxylation is 1. The van der Waals surface area contributed by atoms with Gasteiger partial charge in [-0.1, -0.05) is 36.2 Å². The van der Waals surface area contributed by atoms with Crippen molar-refractivity contribution in [3.05, 3.63) is 45.7 Å². The van der Waals surface area contributed by atoms with E-state index in [0.29, 0.717) is 10.0 Å². The SMILES string of the molecule is Cc1nc(NCCc2ccc(Cl)cc2Cl)cc(N2CCC(C)CC2)n1. The number of nitrogens with zero attached hydrogens (tertiary/aromatic N) is 3. The van der Waals surface area contributed by atoms with Gasteiger partial charge in [-0.25, -0.2) is 9.97 Å². The van der Waals surface area contributed by atoms with Gasteiger partial charge in [-0.2, -0.15) is 0 Å². The first-order valence-electron chi connectivity index (χ1n) is 8.79. The Labute approximate surface area is 159 Å². The van der Waals surface area contributed by atoms with Crippen molar-refractivity contribution in [1.82, 2.24) is 9.97 Å². The molecule has 1 aromatic heterocycles. The molecule has 0 radical (unpaired) electrons. The van der Waals surface area contributed by atoms with E-state index in [4.69, 9.17) is 23.2 Å². The number of anilines is 2. The van der Waals surface area contributed by atoms with E-state index < -0.39 is 0 Å². The van der Waals surface area contributed by atoms with Crippen LogP contribution in [0.2, 0.25) is 10.0 Å². The Morgan fingerprint density at radius 1 is 1.16 bits per heavy atom. The Balaban J connectivity index is 1.62. The van der Waals surface area contributed by atoms with Gasteiger partial charge < -0.3 is 10.2 Å². The zero-order chi connectivity index (χ0) is 17.8. The molecule has 134 valence electrons. The van der Waals surface area contributed by atoms with Crippen molar-refractivity contribution in [3.8, 4) is 0 Å². The Bertz CT molecular complexity index is 727. The predicted octanol–water partition coefficient (Wildman–Crippen LogP) is 4.98. The average Bonchev–Trinajstić information content (AvgIpc) is 2.57. The molecule has 1 fully saturated rings. The van der Waals surface area contributed by atoms with E-state index in [-0.39, 0.29) is 0 Å². The highest BCUT2D eigenvalue weighted by molar-refractivity contribution is 6.35. The zero-order valence-corrected chi connectivity index (χ0v) is 16.2. The number of piperidine rings is 1. The van der Waals surface area contributed by atoms with Gasteiger partial charge in [-0.3, -0.25) is 0 Å². The summed E-state index contributed by atoms with van der Waals surface area (Å²) in [5.41, 5.74) is 1.08. The van der Waals surface area contributed by atoms with Crippen LogP contribution in [0.4, 0.5) is 11.6 Å². The van der Waals surface area contributed by atoms with E-state index in [2.05, 4.69) is 27.1 Å².